The van der Waals surface area contributed by atoms with Gasteiger partial charge in [0.2, 0.25) is 0 Å². The Morgan fingerprint density at radius 2 is 2.15 bits per heavy atom. The van der Waals surface area contributed by atoms with Crippen molar-refractivity contribution in [3.63, 3.8) is 0 Å². The summed E-state index contributed by atoms with van der Waals surface area (Å²) >= 11 is 1.55. The summed E-state index contributed by atoms with van der Waals surface area (Å²) in [5.41, 5.74) is 0.175. The number of hydrogen-bond acceptors (Lipinski definition) is 5. The zero-order valence-corrected chi connectivity index (χ0v) is 15.1. The maximum absolute atomic E-state index is 11.8. The largest absolute Gasteiger partial charge is 0.481 e. The summed E-state index contributed by atoms with van der Waals surface area (Å²) in [4.78, 5) is 26.9. The highest BCUT2D eigenvalue weighted by Gasteiger charge is 2.54. The third-order valence-electron chi connectivity index (χ3n) is 5.77. The summed E-state index contributed by atoms with van der Waals surface area (Å²) in [6, 6.07) is 10.7. The molecular formula is C19H20N2O4S. The van der Waals surface area contributed by atoms with Gasteiger partial charge in [-0.25, -0.2) is 0 Å². The molecule has 26 heavy (non-hydrogen) atoms. The molecule has 1 N–H and O–H groups in total. The van der Waals surface area contributed by atoms with Crippen molar-refractivity contribution < 1.29 is 14.8 Å². The molecule has 1 aliphatic heterocycles. The van der Waals surface area contributed by atoms with Gasteiger partial charge < -0.3 is 5.11 Å². The average Bonchev–Trinajstić information content (AvgIpc) is 3.29. The van der Waals surface area contributed by atoms with Gasteiger partial charge in [0.05, 0.1) is 15.9 Å². The number of carboxylic acids is 1. The molecule has 1 aromatic carbocycles. The van der Waals surface area contributed by atoms with Gasteiger partial charge >= 0.3 is 5.97 Å². The van der Waals surface area contributed by atoms with Crippen LogP contribution >= 0.6 is 11.3 Å². The minimum absolute atomic E-state index is 0.112. The summed E-state index contributed by atoms with van der Waals surface area (Å²) in [5.74, 6) is -0.413. The lowest BCUT2D eigenvalue weighted by atomic mass is 9.81. The first kappa shape index (κ1) is 17.2. The molecule has 1 aromatic heterocycles. The van der Waals surface area contributed by atoms with Crippen LogP contribution in [0.1, 0.15) is 24.1 Å². The van der Waals surface area contributed by atoms with E-state index in [0.29, 0.717) is 18.7 Å². The molecule has 136 valence electrons. The maximum Gasteiger partial charge on any atom is 0.311 e. The maximum atomic E-state index is 11.8. The van der Waals surface area contributed by atoms with E-state index in [4.69, 9.17) is 0 Å². The molecule has 1 saturated heterocycles. The zero-order valence-electron chi connectivity index (χ0n) is 14.3. The fourth-order valence-corrected chi connectivity index (χ4v) is 5.62. The molecule has 2 atom stereocenters. The summed E-state index contributed by atoms with van der Waals surface area (Å²) < 4.78 is 0. The minimum atomic E-state index is -0.658. The number of aliphatic carboxylic acids is 1. The van der Waals surface area contributed by atoms with E-state index in [1.165, 1.54) is 6.07 Å². The van der Waals surface area contributed by atoms with Gasteiger partial charge in [0, 0.05) is 35.5 Å². The van der Waals surface area contributed by atoms with Crippen LogP contribution in [0.5, 0.6) is 0 Å². The lowest BCUT2D eigenvalue weighted by Crippen LogP contribution is -2.35. The minimum Gasteiger partial charge on any atom is -0.481 e. The standard InChI is InChI=1S/C19H20N2O4S/c22-18(23)19-9-3-4-13(19)10-20(12-19)11-14-7-8-17(26-14)15-5-1-2-6-16(15)21(24)25/h1-2,5-8,13H,3-4,9-12H2,(H,22,23)/t13-,19+/m0/s1. The Labute approximate surface area is 155 Å². The average molecular weight is 372 g/mol. The number of hydrogen-bond donors (Lipinski definition) is 1. The lowest BCUT2D eigenvalue weighted by molar-refractivity contribution is -0.384. The predicted octanol–water partition coefficient (Wildman–Crippen LogP) is 4.01. The van der Waals surface area contributed by atoms with Crippen molar-refractivity contribution >= 4 is 23.0 Å². The quantitative estimate of drug-likeness (QED) is 0.633. The number of nitrogens with zero attached hydrogens (tertiary/aromatic N) is 2. The number of para-hydroxylation sites is 1. The highest BCUT2D eigenvalue weighted by atomic mass is 32.1. The fraction of sp³-hybridized carbons (Fsp3) is 0.421. The molecule has 1 saturated carbocycles. The van der Waals surface area contributed by atoms with E-state index in [0.717, 1.165) is 35.6 Å². The number of thiophene rings is 1. The van der Waals surface area contributed by atoms with Crippen LogP contribution < -0.4 is 0 Å². The molecule has 2 fully saturated rings. The van der Waals surface area contributed by atoms with E-state index >= 15 is 0 Å². The van der Waals surface area contributed by atoms with Crippen LogP contribution in [0.15, 0.2) is 36.4 Å². The first-order valence-electron chi connectivity index (χ1n) is 8.78. The zero-order chi connectivity index (χ0) is 18.3. The summed E-state index contributed by atoms with van der Waals surface area (Å²) in [7, 11) is 0. The molecule has 2 aromatic rings. The third kappa shape index (κ3) is 2.81. The SMILES string of the molecule is O=C(O)[C@@]12CCC[C@H]1CN(Cc1ccc(-c3ccccc3[N+](=O)[O-])s1)C2. The van der Waals surface area contributed by atoms with Gasteiger partial charge in [0.15, 0.2) is 0 Å². The van der Waals surface area contributed by atoms with Crippen molar-refractivity contribution in [3.8, 4) is 10.4 Å². The Morgan fingerprint density at radius 1 is 1.35 bits per heavy atom. The van der Waals surface area contributed by atoms with Crippen LogP contribution in [0.2, 0.25) is 0 Å². The van der Waals surface area contributed by atoms with Gasteiger partial charge in [-0.1, -0.05) is 18.6 Å². The van der Waals surface area contributed by atoms with Gasteiger partial charge in [-0.2, -0.15) is 0 Å². The van der Waals surface area contributed by atoms with Crippen LogP contribution in [-0.4, -0.2) is 34.0 Å². The van der Waals surface area contributed by atoms with Crippen LogP contribution in [-0.2, 0) is 11.3 Å². The van der Waals surface area contributed by atoms with Gasteiger partial charge in [0.1, 0.15) is 0 Å². The van der Waals surface area contributed by atoms with Crippen molar-refractivity contribution in [2.45, 2.75) is 25.8 Å². The first-order chi connectivity index (χ1) is 12.5. The Hall–Kier alpha value is -2.25. The predicted molar refractivity (Wildman–Crippen MR) is 99.1 cm³/mol. The second-order valence-corrected chi connectivity index (χ2v) is 8.43. The number of likely N-dealkylation sites (tertiary alicyclic amines) is 1. The van der Waals surface area contributed by atoms with E-state index in [1.807, 2.05) is 12.1 Å². The number of fused-ring (bicyclic) bond motifs is 1. The van der Waals surface area contributed by atoms with Crippen molar-refractivity contribution in [2.24, 2.45) is 11.3 Å². The Bertz CT molecular complexity index is 865. The van der Waals surface area contributed by atoms with Gasteiger partial charge in [-0.3, -0.25) is 19.8 Å². The Kier molecular flexibility index (Phi) is 4.28. The molecule has 0 unspecified atom stereocenters. The molecule has 0 amide bonds. The van der Waals surface area contributed by atoms with Crippen molar-refractivity contribution in [1.82, 2.24) is 4.90 Å². The van der Waals surface area contributed by atoms with Crippen molar-refractivity contribution in [3.05, 3.63) is 51.4 Å². The fourth-order valence-electron chi connectivity index (χ4n) is 4.53. The third-order valence-corrected chi connectivity index (χ3v) is 6.88. The highest BCUT2D eigenvalue weighted by molar-refractivity contribution is 7.15. The molecule has 0 bridgehead atoms. The van der Waals surface area contributed by atoms with Crippen LogP contribution in [0, 0.1) is 21.4 Å². The normalized spacial score (nSPS) is 25.3. The van der Waals surface area contributed by atoms with Crippen LogP contribution in [0.4, 0.5) is 5.69 Å². The number of benzene rings is 1. The van der Waals surface area contributed by atoms with Crippen LogP contribution in [0.25, 0.3) is 10.4 Å². The first-order valence-corrected chi connectivity index (χ1v) is 9.59. The van der Waals surface area contributed by atoms with E-state index < -0.39 is 11.4 Å². The van der Waals surface area contributed by atoms with Gasteiger partial charge in [-0.15, -0.1) is 11.3 Å². The number of carboxylic acid groups (broad SMARTS) is 1. The molecule has 4 rings (SSSR count). The van der Waals surface area contributed by atoms with Crippen molar-refractivity contribution in [1.29, 1.82) is 0 Å². The second kappa shape index (κ2) is 6.48. The molecule has 0 spiro atoms. The molecule has 7 heteroatoms. The topological polar surface area (TPSA) is 83.7 Å². The number of rotatable bonds is 5. The molecular weight excluding hydrogens is 352 g/mol. The number of nitro benzene ring substituents is 1. The summed E-state index contributed by atoms with van der Waals surface area (Å²) in [6.45, 7) is 2.13. The Morgan fingerprint density at radius 3 is 2.88 bits per heavy atom. The van der Waals surface area contributed by atoms with Gasteiger partial charge in [-0.05, 0) is 37.0 Å². The summed E-state index contributed by atoms with van der Waals surface area (Å²) in [6.07, 6.45) is 2.77. The number of carbonyl (C=O) groups is 1. The molecule has 6 nitrogen and oxygen atoms in total. The molecule has 1 aliphatic carbocycles. The lowest BCUT2D eigenvalue weighted by Gasteiger charge is -2.23. The second-order valence-electron chi connectivity index (χ2n) is 7.26. The molecule has 2 heterocycles. The number of nitro groups is 1. The highest BCUT2D eigenvalue weighted by Crippen LogP contribution is 2.49. The monoisotopic (exact) mass is 372 g/mol. The van der Waals surface area contributed by atoms with E-state index in [-0.39, 0.29) is 16.5 Å². The molecule has 2 aliphatic rings. The van der Waals surface area contributed by atoms with Crippen LogP contribution in [0.3, 0.4) is 0 Å². The Balaban J connectivity index is 1.52. The summed E-state index contributed by atoms with van der Waals surface area (Å²) in [5, 5.41) is 20.9. The van der Waals surface area contributed by atoms with Crippen molar-refractivity contribution in [2.75, 3.05) is 13.1 Å². The van der Waals surface area contributed by atoms with Gasteiger partial charge in [0.25, 0.3) is 5.69 Å². The van der Waals surface area contributed by atoms with E-state index in [1.54, 1.807) is 29.5 Å². The van der Waals surface area contributed by atoms with E-state index in [2.05, 4.69) is 4.90 Å². The smallest absolute Gasteiger partial charge is 0.311 e. The molecule has 0 radical (unpaired) electrons. The van der Waals surface area contributed by atoms with E-state index in [9.17, 15) is 20.0 Å².